The Balaban J connectivity index is 1.33. The van der Waals surface area contributed by atoms with E-state index in [4.69, 9.17) is 0 Å². The normalized spacial score (nSPS) is 21.0. The van der Waals surface area contributed by atoms with E-state index in [-0.39, 0.29) is 29.4 Å². The summed E-state index contributed by atoms with van der Waals surface area (Å²) >= 11 is 6.26. The highest BCUT2D eigenvalue weighted by Crippen LogP contribution is 2.41. The number of Topliss-reactive ketones (excluding diaryl/α,β-unsaturated/α-hetero) is 1. The minimum absolute atomic E-state index is 0.0494. The fourth-order valence-electron chi connectivity index (χ4n) is 4.36. The zero-order valence-electron chi connectivity index (χ0n) is 16.5. The van der Waals surface area contributed by atoms with Crippen LogP contribution in [0.15, 0.2) is 51.3 Å². The molecule has 2 heterocycles. The molecule has 3 aromatic rings. The van der Waals surface area contributed by atoms with E-state index in [9.17, 15) is 14.4 Å². The Morgan fingerprint density at radius 1 is 1.06 bits per heavy atom. The Labute approximate surface area is 196 Å². The smallest absolute Gasteiger partial charge is 0.237 e. The molecule has 0 unspecified atom stereocenters. The van der Waals surface area contributed by atoms with Crippen molar-refractivity contribution in [3.8, 4) is 0 Å². The van der Waals surface area contributed by atoms with Crippen molar-refractivity contribution in [2.75, 3.05) is 10.7 Å². The van der Waals surface area contributed by atoms with Crippen molar-refractivity contribution in [1.82, 2.24) is 4.98 Å². The van der Waals surface area contributed by atoms with Crippen molar-refractivity contribution >= 4 is 72.5 Å². The first-order valence-corrected chi connectivity index (χ1v) is 12.8. The van der Waals surface area contributed by atoms with E-state index < -0.39 is 0 Å². The van der Waals surface area contributed by atoms with Crippen LogP contribution in [0.1, 0.15) is 36.0 Å². The number of carbonyl (C=O) groups excluding carboxylic acids is 3. The third-order valence-electron chi connectivity index (χ3n) is 5.94. The minimum Gasteiger partial charge on any atom is -0.293 e. The van der Waals surface area contributed by atoms with E-state index in [2.05, 4.69) is 20.9 Å². The molecule has 1 aliphatic carbocycles. The van der Waals surface area contributed by atoms with Crippen LogP contribution in [0.4, 0.5) is 5.69 Å². The van der Waals surface area contributed by atoms with Crippen LogP contribution in [0.5, 0.6) is 0 Å². The molecular formula is C23H19BrN2O3S2. The van der Waals surface area contributed by atoms with E-state index in [1.807, 2.05) is 24.3 Å². The first-order valence-electron chi connectivity index (χ1n) is 10.2. The molecule has 1 saturated heterocycles. The molecule has 1 saturated carbocycles. The lowest BCUT2D eigenvalue weighted by Crippen LogP contribution is -2.30. The number of benzene rings is 2. The number of aromatic nitrogens is 1. The predicted octanol–water partition coefficient (Wildman–Crippen LogP) is 5.71. The largest absolute Gasteiger partial charge is 0.293 e. The third-order valence-corrected chi connectivity index (χ3v) is 8.63. The van der Waals surface area contributed by atoms with Gasteiger partial charge in [0, 0.05) is 10.0 Å². The number of rotatable bonds is 5. The molecule has 0 spiro atoms. The lowest BCUT2D eigenvalue weighted by molar-refractivity contribution is -0.122. The molecule has 158 valence electrons. The number of halogens is 1. The molecule has 8 heteroatoms. The summed E-state index contributed by atoms with van der Waals surface area (Å²) in [5, 5.41) is 0. The van der Waals surface area contributed by atoms with Crippen molar-refractivity contribution in [3.05, 3.63) is 52.5 Å². The van der Waals surface area contributed by atoms with Gasteiger partial charge in [-0.3, -0.25) is 19.3 Å². The number of imide groups is 1. The molecule has 0 bridgehead atoms. The summed E-state index contributed by atoms with van der Waals surface area (Å²) in [5.41, 5.74) is 2.11. The monoisotopic (exact) mass is 514 g/mol. The van der Waals surface area contributed by atoms with Crippen molar-refractivity contribution in [1.29, 1.82) is 0 Å². The number of anilines is 1. The molecule has 5 rings (SSSR count). The van der Waals surface area contributed by atoms with Crippen LogP contribution in [0.2, 0.25) is 0 Å². The van der Waals surface area contributed by atoms with E-state index >= 15 is 0 Å². The average Bonchev–Trinajstić information content (AvgIpc) is 3.30. The predicted molar refractivity (Wildman–Crippen MR) is 127 cm³/mol. The summed E-state index contributed by atoms with van der Waals surface area (Å²) in [6, 6.07) is 12.8. The molecule has 0 radical (unpaired) electrons. The Morgan fingerprint density at radius 2 is 1.74 bits per heavy atom. The molecule has 2 fully saturated rings. The number of hydrogen-bond donors (Lipinski definition) is 0. The number of hydrogen-bond acceptors (Lipinski definition) is 6. The number of thioether (sulfide) groups is 1. The highest BCUT2D eigenvalue weighted by molar-refractivity contribution is 9.10. The highest BCUT2D eigenvalue weighted by Gasteiger charge is 2.48. The summed E-state index contributed by atoms with van der Waals surface area (Å²) in [5.74, 6) is -0.0843. The lowest BCUT2D eigenvalue weighted by atomic mass is 9.81. The summed E-state index contributed by atoms with van der Waals surface area (Å²) < 4.78 is 2.64. The maximum absolute atomic E-state index is 12.9. The number of amides is 2. The standard InChI is InChI=1S/C23H19BrN2O3S2/c24-14-7-5-13(6-8-14)19(27)12-30-23-25-18-10-9-15(11-20(18)31-23)26-21(28)16-3-1-2-4-17(16)22(26)29/h5-11,16-17H,1-4,12H2/t16-,17-/m0/s1. The molecule has 2 atom stereocenters. The Bertz CT molecular complexity index is 1170. The third kappa shape index (κ3) is 3.97. The van der Waals surface area contributed by atoms with Crippen LogP contribution in [-0.4, -0.2) is 28.3 Å². The van der Waals surface area contributed by atoms with Crippen molar-refractivity contribution in [3.63, 3.8) is 0 Å². The summed E-state index contributed by atoms with van der Waals surface area (Å²) in [6.07, 6.45) is 3.65. The molecule has 0 N–H and O–H groups in total. The van der Waals surface area contributed by atoms with Crippen molar-refractivity contribution in [2.45, 2.75) is 30.0 Å². The van der Waals surface area contributed by atoms with Crippen molar-refractivity contribution < 1.29 is 14.4 Å². The van der Waals surface area contributed by atoms with Gasteiger partial charge in [0.25, 0.3) is 0 Å². The van der Waals surface area contributed by atoms with Gasteiger partial charge in [0.15, 0.2) is 10.1 Å². The number of ketones is 1. The SMILES string of the molecule is O=C(CSc1nc2ccc(N3C(=O)[C@H]4CCCC[C@@H]4C3=O)cc2s1)c1ccc(Br)cc1. The second-order valence-electron chi connectivity index (χ2n) is 7.86. The maximum atomic E-state index is 12.9. The van der Waals surface area contributed by atoms with Crippen LogP contribution in [0, 0.1) is 11.8 Å². The van der Waals surface area contributed by atoms with Gasteiger partial charge in [0.05, 0.1) is 33.5 Å². The van der Waals surface area contributed by atoms with Gasteiger partial charge in [0.1, 0.15) is 0 Å². The van der Waals surface area contributed by atoms with Gasteiger partial charge in [-0.15, -0.1) is 11.3 Å². The van der Waals surface area contributed by atoms with Crippen LogP contribution in [0.25, 0.3) is 10.2 Å². The molecule has 2 amide bonds. The summed E-state index contributed by atoms with van der Waals surface area (Å²) in [7, 11) is 0. The molecule has 1 aliphatic heterocycles. The Morgan fingerprint density at radius 3 is 2.42 bits per heavy atom. The molecule has 31 heavy (non-hydrogen) atoms. The Hall–Kier alpha value is -2.03. The van der Waals surface area contributed by atoms with Gasteiger partial charge in [-0.25, -0.2) is 4.98 Å². The summed E-state index contributed by atoms with van der Waals surface area (Å²) in [4.78, 5) is 44.2. The minimum atomic E-state index is -0.158. The van der Waals surface area contributed by atoms with Crippen molar-refractivity contribution in [2.24, 2.45) is 11.8 Å². The lowest BCUT2D eigenvalue weighted by Gasteiger charge is -2.19. The zero-order chi connectivity index (χ0) is 21.5. The summed E-state index contributed by atoms with van der Waals surface area (Å²) in [6.45, 7) is 0. The topological polar surface area (TPSA) is 67.3 Å². The average molecular weight is 515 g/mol. The van der Waals surface area contributed by atoms with Gasteiger partial charge >= 0.3 is 0 Å². The second kappa shape index (κ2) is 8.48. The van der Waals surface area contributed by atoms with E-state index in [0.29, 0.717) is 17.0 Å². The first-order chi connectivity index (χ1) is 15.0. The van der Waals surface area contributed by atoms with Crippen LogP contribution in [0.3, 0.4) is 0 Å². The number of carbonyl (C=O) groups is 3. The van der Waals surface area contributed by atoms with Gasteiger partial charge in [-0.1, -0.05) is 52.7 Å². The number of nitrogens with zero attached hydrogens (tertiary/aromatic N) is 2. The van der Waals surface area contributed by atoms with E-state index in [1.54, 1.807) is 18.2 Å². The van der Waals surface area contributed by atoms with E-state index in [1.165, 1.54) is 28.0 Å². The van der Waals surface area contributed by atoms with Gasteiger partial charge in [-0.05, 0) is 43.2 Å². The fourth-order valence-corrected chi connectivity index (χ4v) is 6.62. The number of thiazole rings is 1. The molecule has 5 nitrogen and oxygen atoms in total. The highest BCUT2D eigenvalue weighted by atomic mass is 79.9. The Kier molecular flexibility index (Phi) is 5.71. The van der Waals surface area contributed by atoms with Gasteiger partial charge < -0.3 is 0 Å². The second-order valence-corrected chi connectivity index (χ2v) is 11.0. The van der Waals surface area contributed by atoms with Gasteiger partial charge in [0.2, 0.25) is 11.8 Å². The molecule has 1 aromatic heterocycles. The fraction of sp³-hybridized carbons (Fsp3) is 0.304. The molecular weight excluding hydrogens is 496 g/mol. The van der Waals surface area contributed by atoms with Crippen LogP contribution in [-0.2, 0) is 9.59 Å². The van der Waals surface area contributed by atoms with Crippen LogP contribution >= 0.6 is 39.0 Å². The maximum Gasteiger partial charge on any atom is 0.237 e. The number of fused-ring (bicyclic) bond motifs is 2. The quantitative estimate of drug-likeness (QED) is 0.247. The van der Waals surface area contributed by atoms with E-state index in [0.717, 1.165) is 44.7 Å². The zero-order valence-corrected chi connectivity index (χ0v) is 19.8. The first kappa shape index (κ1) is 20.8. The molecule has 2 aliphatic rings. The molecule has 2 aromatic carbocycles. The van der Waals surface area contributed by atoms with Crippen LogP contribution < -0.4 is 4.90 Å². The van der Waals surface area contributed by atoms with Gasteiger partial charge in [-0.2, -0.15) is 0 Å².